The summed E-state index contributed by atoms with van der Waals surface area (Å²) in [5, 5.41) is 0. The summed E-state index contributed by atoms with van der Waals surface area (Å²) >= 11 is 0. The van der Waals surface area contributed by atoms with Gasteiger partial charge in [-0.15, -0.1) is 0 Å². The second kappa shape index (κ2) is 5.40. The van der Waals surface area contributed by atoms with Gasteiger partial charge in [-0.2, -0.15) is 13.2 Å². The molecule has 0 aromatic heterocycles. The van der Waals surface area contributed by atoms with Gasteiger partial charge in [0.25, 0.3) is 0 Å². The van der Waals surface area contributed by atoms with Crippen molar-refractivity contribution in [2.75, 3.05) is 5.73 Å². The van der Waals surface area contributed by atoms with Gasteiger partial charge in [0.15, 0.2) is 0 Å². The molecule has 2 N–H and O–H groups in total. The number of halogens is 4. The van der Waals surface area contributed by atoms with Crippen molar-refractivity contribution in [1.82, 2.24) is 0 Å². The molecule has 0 saturated carbocycles. The highest BCUT2D eigenvalue weighted by Gasteiger charge is 2.33. The highest BCUT2D eigenvalue weighted by atomic mass is 19.4. The molecule has 2 aromatic carbocycles. The first-order valence-corrected chi connectivity index (χ1v) is 5.70. The van der Waals surface area contributed by atoms with Gasteiger partial charge >= 0.3 is 6.18 Å². The Morgan fingerprint density at radius 2 is 1.80 bits per heavy atom. The lowest BCUT2D eigenvalue weighted by Crippen LogP contribution is -2.10. The molecule has 2 nitrogen and oxygen atoms in total. The molecule has 0 bridgehead atoms. The number of nitrogen functional groups attached to an aromatic ring is 1. The molecule has 20 heavy (non-hydrogen) atoms. The van der Waals surface area contributed by atoms with Crippen LogP contribution in [0.25, 0.3) is 0 Å². The second-order valence-electron chi connectivity index (χ2n) is 4.17. The van der Waals surface area contributed by atoms with Crippen LogP contribution < -0.4 is 10.5 Å². The minimum atomic E-state index is -4.51. The maximum Gasteiger partial charge on any atom is 0.418 e. The van der Waals surface area contributed by atoms with E-state index in [9.17, 15) is 17.6 Å². The number of hydrogen-bond acceptors (Lipinski definition) is 2. The molecule has 0 atom stereocenters. The van der Waals surface area contributed by atoms with Gasteiger partial charge in [0, 0.05) is 11.8 Å². The molecule has 0 aliphatic rings. The first-order chi connectivity index (χ1) is 9.36. The molecule has 0 aliphatic heterocycles. The zero-order valence-corrected chi connectivity index (χ0v) is 10.2. The fraction of sp³-hybridized carbons (Fsp3) is 0.143. The molecular weight excluding hydrogens is 274 g/mol. The van der Waals surface area contributed by atoms with Gasteiger partial charge in [-0.05, 0) is 29.8 Å². The van der Waals surface area contributed by atoms with Crippen LogP contribution in [0.15, 0.2) is 42.5 Å². The fourth-order valence-corrected chi connectivity index (χ4v) is 1.66. The zero-order chi connectivity index (χ0) is 14.8. The van der Waals surface area contributed by atoms with Crippen LogP contribution in [-0.4, -0.2) is 0 Å². The van der Waals surface area contributed by atoms with Gasteiger partial charge in [0.05, 0.1) is 5.56 Å². The predicted octanol–water partition coefficient (Wildman–Crippen LogP) is 4.01. The van der Waals surface area contributed by atoms with Crippen LogP contribution in [0.1, 0.15) is 11.1 Å². The van der Waals surface area contributed by atoms with Crippen LogP contribution >= 0.6 is 0 Å². The smallest absolute Gasteiger partial charge is 0.418 e. The summed E-state index contributed by atoms with van der Waals surface area (Å²) in [6.45, 7) is -0.104. The van der Waals surface area contributed by atoms with Gasteiger partial charge in [-0.1, -0.05) is 12.1 Å². The summed E-state index contributed by atoms with van der Waals surface area (Å²) in [4.78, 5) is 0. The Morgan fingerprint density at radius 3 is 2.45 bits per heavy atom. The number of nitrogens with two attached hydrogens (primary N) is 1. The van der Waals surface area contributed by atoms with Crippen LogP contribution in [-0.2, 0) is 12.8 Å². The number of alkyl halides is 3. The molecule has 0 amide bonds. The Kier molecular flexibility index (Phi) is 3.83. The van der Waals surface area contributed by atoms with E-state index in [-0.39, 0.29) is 18.0 Å². The third-order valence-electron chi connectivity index (χ3n) is 2.62. The van der Waals surface area contributed by atoms with E-state index in [1.54, 1.807) is 0 Å². The Morgan fingerprint density at radius 1 is 1.05 bits per heavy atom. The minimum absolute atomic E-state index is 0.104. The van der Waals surface area contributed by atoms with E-state index < -0.39 is 17.6 Å². The van der Waals surface area contributed by atoms with Gasteiger partial charge in [0.1, 0.15) is 18.2 Å². The standard InChI is InChI=1S/C14H11F4NO/c15-10-2-1-3-11(7-10)20-8-9-4-5-13(19)12(6-9)14(16,17)18/h1-7H,8,19H2. The van der Waals surface area contributed by atoms with Crippen molar-refractivity contribution in [1.29, 1.82) is 0 Å². The van der Waals surface area contributed by atoms with Crippen LogP contribution in [0, 0.1) is 5.82 Å². The first-order valence-electron chi connectivity index (χ1n) is 5.70. The molecule has 0 fully saturated rings. The third kappa shape index (κ3) is 3.40. The van der Waals surface area contributed by atoms with Crippen molar-refractivity contribution >= 4 is 5.69 Å². The lowest BCUT2D eigenvalue weighted by molar-refractivity contribution is -0.137. The minimum Gasteiger partial charge on any atom is -0.489 e. The van der Waals surface area contributed by atoms with Crippen molar-refractivity contribution in [3.05, 3.63) is 59.4 Å². The van der Waals surface area contributed by atoms with E-state index in [1.165, 1.54) is 30.3 Å². The topological polar surface area (TPSA) is 35.2 Å². The number of hydrogen-bond donors (Lipinski definition) is 1. The van der Waals surface area contributed by atoms with Gasteiger partial charge in [-0.3, -0.25) is 0 Å². The average molecular weight is 285 g/mol. The molecule has 0 heterocycles. The molecule has 106 valence electrons. The Balaban J connectivity index is 2.14. The van der Waals surface area contributed by atoms with Gasteiger partial charge in [-0.25, -0.2) is 4.39 Å². The molecule has 0 aliphatic carbocycles. The van der Waals surface area contributed by atoms with E-state index in [0.717, 1.165) is 12.1 Å². The lowest BCUT2D eigenvalue weighted by atomic mass is 10.1. The maximum absolute atomic E-state index is 12.9. The SMILES string of the molecule is Nc1ccc(COc2cccc(F)c2)cc1C(F)(F)F. The van der Waals surface area contributed by atoms with Gasteiger partial charge < -0.3 is 10.5 Å². The number of anilines is 1. The average Bonchev–Trinajstić information content (AvgIpc) is 2.36. The second-order valence-corrected chi connectivity index (χ2v) is 4.17. The summed E-state index contributed by atoms with van der Waals surface area (Å²) in [5.41, 5.74) is 4.35. The first kappa shape index (κ1) is 14.2. The van der Waals surface area contributed by atoms with Crippen LogP contribution in [0.4, 0.5) is 23.2 Å². The van der Waals surface area contributed by atoms with Crippen molar-refractivity contribution in [3.63, 3.8) is 0 Å². The fourth-order valence-electron chi connectivity index (χ4n) is 1.66. The molecular formula is C14H11F4NO. The summed E-state index contributed by atoms with van der Waals surface area (Å²) in [6.07, 6.45) is -4.51. The Labute approximate surface area is 112 Å². The van der Waals surface area contributed by atoms with Crippen LogP contribution in [0.5, 0.6) is 5.75 Å². The van der Waals surface area contributed by atoms with E-state index in [2.05, 4.69) is 0 Å². The van der Waals surface area contributed by atoms with Crippen LogP contribution in [0.3, 0.4) is 0 Å². The lowest BCUT2D eigenvalue weighted by Gasteiger charge is -2.12. The third-order valence-corrected chi connectivity index (χ3v) is 2.62. The molecule has 0 unspecified atom stereocenters. The molecule has 0 saturated heterocycles. The maximum atomic E-state index is 12.9. The largest absolute Gasteiger partial charge is 0.489 e. The van der Waals surface area contributed by atoms with Crippen molar-refractivity contribution in [2.45, 2.75) is 12.8 Å². The summed E-state index contributed by atoms with van der Waals surface area (Å²) in [6, 6.07) is 8.91. The number of benzene rings is 2. The van der Waals surface area contributed by atoms with E-state index in [0.29, 0.717) is 5.56 Å². The molecule has 0 radical (unpaired) electrons. The number of ether oxygens (including phenoxy) is 1. The number of rotatable bonds is 3. The Hall–Kier alpha value is -2.24. The predicted molar refractivity (Wildman–Crippen MR) is 66.6 cm³/mol. The zero-order valence-electron chi connectivity index (χ0n) is 10.2. The molecule has 2 rings (SSSR count). The summed E-state index contributed by atoms with van der Waals surface area (Å²) in [7, 11) is 0. The quantitative estimate of drug-likeness (QED) is 0.683. The highest BCUT2D eigenvalue weighted by Crippen LogP contribution is 2.34. The molecule has 0 spiro atoms. The van der Waals surface area contributed by atoms with Crippen molar-refractivity contribution in [2.24, 2.45) is 0 Å². The highest BCUT2D eigenvalue weighted by molar-refractivity contribution is 5.50. The monoisotopic (exact) mass is 285 g/mol. The van der Waals surface area contributed by atoms with Gasteiger partial charge in [0.2, 0.25) is 0 Å². The van der Waals surface area contributed by atoms with E-state index in [4.69, 9.17) is 10.5 Å². The van der Waals surface area contributed by atoms with Crippen molar-refractivity contribution in [3.8, 4) is 5.75 Å². The van der Waals surface area contributed by atoms with Crippen LogP contribution in [0.2, 0.25) is 0 Å². The normalized spacial score (nSPS) is 11.4. The van der Waals surface area contributed by atoms with Crippen molar-refractivity contribution < 1.29 is 22.3 Å². The van der Waals surface area contributed by atoms with E-state index in [1.807, 2.05) is 0 Å². The summed E-state index contributed by atoms with van der Waals surface area (Å²) in [5.74, 6) is -0.230. The summed E-state index contributed by atoms with van der Waals surface area (Å²) < 4.78 is 56.2. The Bertz CT molecular complexity index is 610. The molecule has 2 aromatic rings. The molecule has 6 heteroatoms. The van der Waals surface area contributed by atoms with E-state index >= 15 is 0 Å².